The Morgan fingerprint density at radius 2 is 0.773 bits per heavy atom. The summed E-state index contributed by atoms with van der Waals surface area (Å²) in [7, 11) is 0.583. The van der Waals surface area contributed by atoms with E-state index >= 15 is 0 Å². The van der Waals surface area contributed by atoms with Crippen molar-refractivity contribution >= 4 is 15.6 Å². The Labute approximate surface area is 145 Å². The van der Waals surface area contributed by atoms with Gasteiger partial charge in [0.05, 0.1) is 0 Å². The number of carbonyl (C=O) groups excluding carboxylic acids is 1. The molecule has 0 saturated heterocycles. The second-order valence-corrected chi connectivity index (χ2v) is 7.75. The van der Waals surface area contributed by atoms with E-state index in [1.54, 1.807) is 14.2 Å². The Morgan fingerprint density at radius 1 is 0.773 bits per heavy atom. The van der Waals surface area contributed by atoms with Crippen LogP contribution in [0.3, 0.4) is 0 Å². The summed E-state index contributed by atoms with van der Waals surface area (Å²) in [6.07, 6.45) is 2.32. The largest absolute Gasteiger partial charge is 0.388 e. The Hall–Kier alpha value is -0.420. The normalized spacial score (nSPS) is 7.36. The zero-order valence-corrected chi connectivity index (χ0v) is 13.9. The molecular formula is C17H50O4S. The van der Waals surface area contributed by atoms with E-state index in [4.69, 9.17) is 0 Å². The van der Waals surface area contributed by atoms with E-state index in [0.29, 0.717) is 5.41 Å². The predicted octanol–water partition coefficient (Wildman–Crippen LogP) is 5.75. The molecule has 22 heavy (non-hydrogen) atoms. The molecule has 0 aromatic carbocycles. The number of Topliss-reactive ketones (excluding diaryl/α,β-unsaturated/α-hetero) is 1. The van der Waals surface area contributed by atoms with Crippen LogP contribution in [0.1, 0.15) is 78.7 Å². The first kappa shape index (κ1) is 57.8. The number of hydrogen-bond donors (Lipinski definition) is 0. The molecule has 0 fully saturated rings. The highest BCUT2D eigenvalue weighted by Gasteiger charge is 1.95. The molecule has 0 spiro atoms. The number of rotatable bonds is 0. The smallest absolute Gasteiger partial charge is 0.144 e. The summed E-state index contributed by atoms with van der Waals surface area (Å²) in [6.45, 7) is 11.8. The fourth-order valence-electron chi connectivity index (χ4n) is 0. The van der Waals surface area contributed by atoms with Gasteiger partial charge in [0.2, 0.25) is 0 Å². The van der Waals surface area contributed by atoms with Gasteiger partial charge in [-0.2, -0.15) is 0 Å². The molecule has 0 N–H and O–H groups in total. The number of ketones is 1. The minimum absolute atomic E-state index is 0. The van der Waals surface area contributed by atoms with E-state index in [0.717, 1.165) is 12.5 Å². The third kappa shape index (κ3) is 38300. The lowest BCUT2D eigenvalue weighted by Gasteiger charge is -2.05. The van der Waals surface area contributed by atoms with Gasteiger partial charge in [0.15, 0.2) is 0 Å². The standard InChI is InChI=1S/C5H12.C3H6O.C2H6O2S.C2H6O.5CH4/c1-5(2,3)4;1-3(2)4;1-5(2,3)4;1-3-2;;;;;/h1-4H3;1-2H3;1-2H3;1-2H3;5*1H4. The van der Waals surface area contributed by atoms with Crippen LogP contribution >= 0.6 is 0 Å². The average Bonchev–Trinajstić information content (AvgIpc) is 1.74. The number of carbonyl (C=O) groups is 1. The first-order chi connectivity index (χ1) is 7.15. The van der Waals surface area contributed by atoms with Crippen molar-refractivity contribution in [1.29, 1.82) is 0 Å². The fraction of sp³-hybridized carbons (Fsp3) is 0.941. The van der Waals surface area contributed by atoms with E-state index in [1.165, 1.54) is 13.8 Å². The monoisotopic (exact) mass is 350 g/mol. The number of methoxy groups -OCH3 is 1. The molecule has 0 radical (unpaired) electrons. The van der Waals surface area contributed by atoms with Gasteiger partial charge in [-0.15, -0.1) is 0 Å². The molecule has 0 amide bonds. The van der Waals surface area contributed by atoms with Crippen LogP contribution in [0.15, 0.2) is 0 Å². The lowest BCUT2D eigenvalue weighted by Crippen LogP contribution is -1.93. The minimum Gasteiger partial charge on any atom is -0.388 e. The molecule has 4 nitrogen and oxygen atoms in total. The van der Waals surface area contributed by atoms with Crippen LogP contribution in [0, 0.1) is 5.41 Å². The maximum absolute atomic E-state index is 9.63. The van der Waals surface area contributed by atoms with Gasteiger partial charge in [-0.25, -0.2) is 8.42 Å². The van der Waals surface area contributed by atoms with Crippen molar-refractivity contribution in [3.05, 3.63) is 0 Å². The van der Waals surface area contributed by atoms with Gasteiger partial charge in [-0.3, -0.25) is 0 Å². The molecule has 0 aliphatic carbocycles. The molecule has 148 valence electrons. The Morgan fingerprint density at radius 3 is 0.773 bits per heavy atom. The third-order valence-corrected chi connectivity index (χ3v) is 0. The molecule has 0 unspecified atom stereocenters. The van der Waals surface area contributed by atoms with E-state index in [-0.39, 0.29) is 42.9 Å². The maximum atomic E-state index is 9.63. The summed E-state index contributed by atoms with van der Waals surface area (Å²) >= 11 is 0. The summed E-state index contributed by atoms with van der Waals surface area (Å²) < 4.78 is 23.5. The van der Waals surface area contributed by atoms with Crippen molar-refractivity contribution in [2.24, 2.45) is 5.41 Å². The molecule has 5 heteroatoms. The molecular weight excluding hydrogens is 300 g/mol. The maximum Gasteiger partial charge on any atom is 0.144 e. The number of ether oxygens (including phenoxy) is 1. The van der Waals surface area contributed by atoms with Gasteiger partial charge in [0.25, 0.3) is 0 Å². The first-order valence-electron chi connectivity index (χ1n) is 5.17. The number of sulfone groups is 1. The molecule has 0 aliphatic rings. The molecule has 0 bridgehead atoms. The van der Waals surface area contributed by atoms with Crippen molar-refractivity contribution < 1.29 is 17.9 Å². The van der Waals surface area contributed by atoms with Gasteiger partial charge >= 0.3 is 0 Å². The van der Waals surface area contributed by atoms with Crippen molar-refractivity contribution in [2.75, 3.05) is 26.7 Å². The Balaban J connectivity index is -0.0000000138. The second kappa shape index (κ2) is 32.5. The Bertz CT molecular complexity index is 232. The molecule has 0 rings (SSSR count). The van der Waals surface area contributed by atoms with Crippen LogP contribution in [-0.4, -0.2) is 40.9 Å². The first-order valence-corrected chi connectivity index (χ1v) is 7.47. The summed E-state index contributed by atoms with van der Waals surface area (Å²) in [6, 6.07) is 0. The molecule has 0 saturated carbocycles. The van der Waals surface area contributed by atoms with Crippen molar-refractivity contribution in [2.45, 2.75) is 78.7 Å². The van der Waals surface area contributed by atoms with Gasteiger partial charge in [-0.05, 0) is 19.3 Å². The molecule has 0 atom stereocenters. The van der Waals surface area contributed by atoms with E-state index in [9.17, 15) is 13.2 Å². The molecule has 0 aliphatic heterocycles. The summed E-state index contributed by atoms with van der Waals surface area (Å²) in [4.78, 5) is 9.44. The van der Waals surface area contributed by atoms with Crippen molar-refractivity contribution in [3.63, 3.8) is 0 Å². The SMILES string of the molecule is C.C.C.C.C.CC(C)(C)C.CC(C)=O.COC.CS(C)(=O)=O. The summed E-state index contributed by atoms with van der Waals surface area (Å²) in [5, 5.41) is 0. The fourth-order valence-corrected chi connectivity index (χ4v) is 0. The van der Waals surface area contributed by atoms with E-state index in [1.807, 2.05) is 0 Å². The van der Waals surface area contributed by atoms with Crippen LogP contribution < -0.4 is 0 Å². The van der Waals surface area contributed by atoms with Crippen LogP contribution in [-0.2, 0) is 19.4 Å². The summed E-state index contributed by atoms with van der Waals surface area (Å²) in [5.74, 6) is 0.167. The van der Waals surface area contributed by atoms with Crippen LogP contribution in [0.4, 0.5) is 0 Å². The van der Waals surface area contributed by atoms with Crippen LogP contribution in [0.5, 0.6) is 0 Å². The second-order valence-electron chi connectivity index (χ2n) is 5.46. The van der Waals surface area contributed by atoms with Crippen LogP contribution in [0.2, 0.25) is 0 Å². The zero-order valence-electron chi connectivity index (χ0n) is 13.0. The highest BCUT2D eigenvalue weighted by molar-refractivity contribution is 7.89. The topological polar surface area (TPSA) is 60.4 Å². The third-order valence-electron chi connectivity index (χ3n) is 0. The van der Waals surface area contributed by atoms with E-state index < -0.39 is 9.84 Å². The van der Waals surface area contributed by atoms with Gasteiger partial charge < -0.3 is 9.53 Å². The quantitative estimate of drug-likeness (QED) is 0.558. The van der Waals surface area contributed by atoms with Crippen LogP contribution in [0.25, 0.3) is 0 Å². The highest BCUT2D eigenvalue weighted by Crippen LogP contribution is 2.08. The van der Waals surface area contributed by atoms with Crippen molar-refractivity contribution in [1.82, 2.24) is 0 Å². The van der Waals surface area contributed by atoms with E-state index in [2.05, 4.69) is 32.4 Å². The van der Waals surface area contributed by atoms with Gasteiger partial charge in [0, 0.05) is 26.7 Å². The zero-order chi connectivity index (χ0) is 15.3. The minimum atomic E-state index is -2.67. The molecule has 0 aromatic rings. The van der Waals surface area contributed by atoms with Crippen molar-refractivity contribution in [3.8, 4) is 0 Å². The Kier molecular flexibility index (Phi) is 85.3. The highest BCUT2D eigenvalue weighted by atomic mass is 32.2. The lowest BCUT2D eigenvalue weighted by atomic mass is 10.0. The molecule has 0 heterocycles. The predicted molar refractivity (Wildman–Crippen MR) is 109 cm³/mol. The average molecular weight is 351 g/mol. The number of hydrogen-bond acceptors (Lipinski definition) is 4. The summed E-state index contributed by atoms with van der Waals surface area (Å²) in [5.41, 5.74) is 0.500. The van der Waals surface area contributed by atoms with Gasteiger partial charge in [-0.1, -0.05) is 64.8 Å². The molecule has 0 aromatic heterocycles. The van der Waals surface area contributed by atoms with Gasteiger partial charge in [0.1, 0.15) is 15.6 Å². The lowest BCUT2D eigenvalue weighted by molar-refractivity contribution is -0.114.